The highest BCUT2D eigenvalue weighted by Crippen LogP contribution is 2.26. The maximum absolute atomic E-state index is 13.8. The van der Waals surface area contributed by atoms with Gasteiger partial charge in [0.2, 0.25) is 5.95 Å². The number of nitrogens with zero attached hydrogens (tertiary/aromatic N) is 2. The minimum Gasteiger partial charge on any atom is -0.338 e. The molecule has 0 aliphatic carbocycles. The molecule has 0 spiro atoms. The fourth-order valence-electron chi connectivity index (χ4n) is 2.28. The SMILES string of the molecule is Cc1cc(Nc2ccc(F)cc2F)nc(Nc2cccc(Cl)c2C)n1. The van der Waals surface area contributed by atoms with Gasteiger partial charge in [-0.1, -0.05) is 17.7 Å². The number of anilines is 4. The molecule has 25 heavy (non-hydrogen) atoms. The van der Waals surface area contributed by atoms with Gasteiger partial charge in [-0.3, -0.25) is 0 Å². The van der Waals surface area contributed by atoms with E-state index in [-0.39, 0.29) is 5.69 Å². The van der Waals surface area contributed by atoms with Crippen LogP contribution in [0.1, 0.15) is 11.3 Å². The third-order valence-corrected chi connectivity index (χ3v) is 3.97. The predicted octanol–water partition coefficient (Wildman–Crippen LogP) is 5.51. The second-order valence-corrected chi connectivity index (χ2v) is 5.91. The molecule has 0 fully saturated rings. The van der Waals surface area contributed by atoms with Crippen molar-refractivity contribution < 1.29 is 8.78 Å². The van der Waals surface area contributed by atoms with E-state index in [2.05, 4.69) is 20.6 Å². The van der Waals surface area contributed by atoms with Crippen LogP contribution in [-0.2, 0) is 0 Å². The van der Waals surface area contributed by atoms with Crippen molar-refractivity contribution in [1.82, 2.24) is 9.97 Å². The maximum atomic E-state index is 13.8. The standard InChI is InChI=1S/C18H15ClF2N4/c1-10-8-17(23-16-7-6-12(20)9-14(16)21)25-18(22-10)24-15-5-3-4-13(19)11(15)2/h3-9H,1-2H3,(H2,22,23,24,25). The number of hydrogen-bond acceptors (Lipinski definition) is 4. The van der Waals surface area contributed by atoms with Gasteiger partial charge < -0.3 is 10.6 Å². The molecule has 2 aromatic carbocycles. The maximum Gasteiger partial charge on any atom is 0.229 e. The van der Waals surface area contributed by atoms with Crippen molar-refractivity contribution in [2.24, 2.45) is 0 Å². The number of rotatable bonds is 4. The Hall–Kier alpha value is -2.73. The van der Waals surface area contributed by atoms with Gasteiger partial charge in [0.05, 0.1) is 5.69 Å². The summed E-state index contributed by atoms with van der Waals surface area (Å²) in [5.41, 5.74) is 2.46. The van der Waals surface area contributed by atoms with Gasteiger partial charge in [-0.25, -0.2) is 13.8 Å². The summed E-state index contributed by atoms with van der Waals surface area (Å²) < 4.78 is 26.8. The monoisotopic (exact) mass is 360 g/mol. The Morgan fingerprint density at radius 2 is 1.72 bits per heavy atom. The zero-order valence-corrected chi connectivity index (χ0v) is 14.3. The van der Waals surface area contributed by atoms with Crippen LogP contribution < -0.4 is 10.6 Å². The van der Waals surface area contributed by atoms with Gasteiger partial charge in [0.1, 0.15) is 17.5 Å². The Labute approximate surface area is 148 Å². The molecule has 1 aromatic heterocycles. The van der Waals surface area contributed by atoms with Crippen LogP contribution in [0.3, 0.4) is 0 Å². The molecule has 0 aliphatic heterocycles. The van der Waals surface area contributed by atoms with Crippen molar-refractivity contribution in [2.45, 2.75) is 13.8 Å². The minimum atomic E-state index is -0.698. The van der Waals surface area contributed by atoms with Crippen LogP contribution in [0.25, 0.3) is 0 Å². The minimum absolute atomic E-state index is 0.129. The lowest BCUT2D eigenvalue weighted by molar-refractivity contribution is 0.586. The largest absolute Gasteiger partial charge is 0.338 e. The van der Waals surface area contributed by atoms with Gasteiger partial charge in [0, 0.05) is 28.5 Å². The van der Waals surface area contributed by atoms with E-state index in [0.717, 1.165) is 17.3 Å². The lowest BCUT2D eigenvalue weighted by Crippen LogP contribution is -2.04. The first-order chi connectivity index (χ1) is 11.9. The van der Waals surface area contributed by atoms with Crippen LogP contribution >= 0.6 is 11.6 Å². The summed E-state index contributed by atoms with van der Waals surface area (Å²) in [5.74, 6) is -0.604. The molecule has 1 heterocycles. The van der Waals surface area contributed by atoms with E-state index in [9.17, 15) is 8.78 Å². The van der Waals surface area contributed by atoms with Gasteiger partial charge in [0.15, 0.2) is 0 Å². The lowest BCUT2D eigenvalue weighted by atomic mass is 10.2. The van der Waals surface area contributed by atoms with Gasteiger partial charge in [0.25, 0.3) is 0 Å². The highest BCUT2D eigenvalue weighted by molar-refractivity contribution is 6.31. The summed E-state index contributed by atoms with van der Waals surface area (Å²) in [7, 11) is 0. The van der Waals surface area contributed by atoms with Crippen molar-refractivity contribution in [3.05, 3.63) is 70.4 Å². The van der Waals surface area contributed by atoms with E-state index in [4.69, 9.17) is 11.6 Å². The predicted molar refractivity (Wildman–Crippen MR) is 95.9 cm³/mol. The van der Waals surface area contributed by atoms with E-state index >= 15 is 0 Å². The van der Waals surface area contributed by atoms with Crippen molar-refractivity contribution in [3.63, 3.8) is 0 Å². The Balaban J connectivity index is 1.89. The summed E-state index contributed by atoms with van der Waals surface area (Å²) in [6, 6.07) is 10.4. The molecule has 4 nitrogen and oxygen atoms in total. The molecule has 128 valence electrons. The average molecular weight is 361 g/mol. The molecule has 3 aromatic rings. The van der Waals surface area contributed by atoms with Gasteiger partial charge >= 0.3 is 0 Å². The average Bonchev–Trinajstić information content (AvgIpc) is 2.54. The quantitative estimate of drug-likeness (QED) is 0.644. The molecule has 0 aliphatic rings. The normalized spacial score (nSPS) is 10.6. The molecule has 0 radical (unpaired) electrons. The van der Waals surface area contributed by atoms with Crippen LogP contribution in [-0.4, -0.2) is 9.97 Å². The number of aromatic nitrogens is 2. The van der Waals surface area contributed by atoms with Crippen LogP contribution in [0, 0.1) is 25.5 Å². The van der Waals surface area contributed by atoms with Crippen LogP contribution in [0.15, 0.2) is 42.5 Å². The van der Waals surface area contributed by atoms with Crippen molar-refractivity contribution >= 4 is 34.7 Å². The highest BCUT2D eigenvalue weighted by atomic mass is 35.5. The Bertz CT molecular complexity index is 931. The summed E-state index contributed by atoms with van der Waals surface area (Å²) >= 11 is 6.11. The molecule has 0 unspecified atom stereocenters. The summed E-state index contributed by atoms with van der Waals surface area (Å²) in [5, 5.41) is 6.57. The van der Waals surface area contributed by atoms with E-state index in [1.54, 1.807) is 19.1 Å². The Kier molecular flexibility index (Phi) is 4.81. The molecular formula is C18H15ClF2N4. The highest BCUT2D eigenvalue weighted by Gasteiger charge is 2.09. The number of hydrogen-bond donors (Lipinski definition) is 2. The summed E-state index contributed by atoms with van der Waals surface area (Å²) in [4.78, 5) is 8.64. The third kappa shape index (κ3) is 4.03. The topological polar surface area (TPSA) is 49.8 Å². The van der Waals surface area contributed by atoms with E-state index < -0.39 is 11.6 Å². The second-order valence-electron chi connectivity index (χ2n) is 5.50. The molecule has 3 rings (SSSR count). The first kappa shape index (κ1) is 17.1. The number of halogens is 3. The first-order valence-electron chi connectivity index (χ1n) is 7.52. The Morgan fingerprint density at radius 3 is 2.48 bits per heavy atom. The van der Waals surface area contributed by atoms with Crippen molar-refractivity contribution in [2.75, 3.05) is 10.6 Å². The molecule has 0 bridgehead atoms. The second kappa shape index (κ2) is 7.03. The fourth-order valence-corrected chi connectivity index (χ4v) is 2.46. The van der Waals surface area contributed by atoms with Crippen LogP contribution in [0.5, 0.6) is 0 Å². The molecular weight excluding hydrogens is 346 g/mol. The molecule has 7 heteroatoms. The zero-order chi connectivity index (χ0) is 18.0. The first-order valence-corrected chi connectivity index (χ1v) is 7.90. The fraction of sp³-hybridized carbons (Fsp3) is 0.111. The summed E-state index contributed by atoms with van der Waals surface area (Å²) in [6.45, 7) is 3.68. The van der Waals surface area contributed by atoms with Gasteiger partial charge in [-0.2, -0.15) is 4.98 Å². The molecule has 0 amide bonds. The van der Waals surface area contributed by atoms with Gasteiger partial charge in [-0.15, -0.1) is 0 Å². The van der Waals surface area contributed by atoms with Crippen LogP contribution in [0.4, 0.5) is 31.9 Å². The number of benzene rings is 2. The van der Waals surface area contributed by atoms with Gasteiger partial charge in [-0.05, 0) is 43.7 Å². The van der Waals surface area contributed by atoms with Crippen molar-refractivity contribution in [3.8, 4) is 0 Å². The molecule has 0 saturated carbocycles. The molecule has 0 atom stereocenters. The molecule has 0 saturated heterocycles. The van der Waals surface area contributed by atoms with Crippen LogP contribution in [0.2, 0.25) is 5.02 Å². The van der Waals surface area contributed by atoms with E-state index in [1.165, 1.54) is 12.1 Å². The van der Waals surface area contributed by atoms with E-state index in [0.29, 0.717) is 22.5 Å². The number of aryl methyl sites for hydroxylation is 1. The summed E-state index contributed by atoms with van der Waals surface area (Å²) in [6.07, 6.45) is 0. The zero-order valence-electron chi connectivity index (χ0n) is 13.6. The van der Waals surface area contributed by atoms with E-state index in [1.807, 2.05) is 19.1 Å². The third-order valence-electron chi connectivity index (χ3n) is 3.56. The Morgan fingerprint density at radius 1 is 0.920 bits per heavy atom. The lowest BCUT2D eigenvalue weighted by Gasteiger charge is -2.12. The molecule has 2 N–H and O–H groups in total. The smallest absolute Gasteiger partial charge is 0.229 e. The van der Waals surface area contributed by atoms with Crippen molar-refractivity contribution in [1.29, 1.82) is 0 Å². The number of nitrogens with one attached hydrogen (secondary N) is 2.